The number of nitrogens with zero attached hydrogens (tertiary/aromatic N) is 1. The highest BCUT2D eigenvalue weighted by Gasteiger charge is 2.33. The van der Waals surface area contributed by atoms with Crippen LogP contribution < -0.4 is 5.32 Å². The number of carbonyl (C=O) groups excluding carboxylic acids is 2. The Balaban J connectivity index is 1.73. The van der Waals surface area contributed by atoms with Crippen LogP contribution in [0.2, 0.25) is 15.1 Å². The number of carbonyl (C=O) groups is 2. The first kappa shape index (κ1) is 27.4. The summed E-state index contributed by atoms with van der Waals surface area (Å²) < 4.78 is 14.6. The molecule has 4 nitrogen and oxygen atoms in total. The molecule has 1 saturated carbocycles. The molecule has 194 valence electrons. The third-order valence-electron chi connectivity index (χ3n) is 6.75. The summed E-state index contributed by atoms with van der Waals surface area (Å²) in [7, 11) is 0. The summed E-state index contributed by atoms with van der Waals surface area (Å²) in [6, 6.07) is 18.1. The summed E-state index contributed by atoms with van der Waals surface area (Å²) in [4.78, 5) is 29.0. The number of amides is 2. The van der Waals surface area contributed by atoms with E-state index in [0.717, 1.165) is 31.2 Å². The first-order valence-electron chi connectivity index (χ1n) is 12.3. The lowest BCUT2D eigenvalue weighted by Gasteiger charge is -2.33. The van der Waals surface area contributed by atoms with E-state index >= 15 is 0 Å². The molecule has 0 saturated heterocycles. The van der Waals surface area contributed by atoms with Gasteiger partial charge in [0.2, 0.25) is 11.8 Å². The van der Waals surface area contributed by atoms with Crippen molar-refractivity contribution in [2.75, 3.05) is 0 Å². The molecule has 1 unspecified atom stereocenters. The van der Waals surface area contributed by atoms with Crippen molar-refractivity contribution in [1.29, 1.82) is 0 Å². The summed E-state index contributed by atoms with van der Waals surface area (Å²) in [5.74, 6) is -1.29. The molecule has 3 aromatic carbocycles. The molecule has 8 heteroatoms. The number of benzene rings is 3. The zero-order valence-corrected chi connectivity index (χ0v) is 22.5. The Hall–Kier alpha value is -2.60. The summed E-state index contributed by atoms with van der Waals surface area (Å²) in [5, 5.41) is 4.05. The van der Waals surface area contributed by atoms with Crippen LogP contribution in [-0.4, -0.2) is 28.8 Å². The molecule has 37 heavy (non-hydrogen) atoms. The van der Waals surface area contributed by atoms with Crippen LogP contribution in [0.15, 0.2) is 66.7 Å². The van der Waals surface area contributed by atoms with E-state index in [0.29, 0.717) is 15.6 Å². The van der Waals surface area contributed by atoms with Gasteiger partial charge in [0, 0.05) is 45.2 Å². The molecule has 2 amide bonds. The van der Waals surface area contributed by atoms with Crippen molar-refractivity contribution >= 4 is 46.6 Å². The second-order valence-corrected chi connectivity index (χ2v) is 10.5. The first-order chi connectivity index (χ1) is 17.8. The minimum Gasteiger partial charge on any atom is -0.352 e. The summed E-state index contributed by atoms with van der Waals surface area (Å²) in [6.45, 7) is -0.0149. The molecule has 1 aliphatic rings. The van der Waals surface area contributed by atoms with Crippen LogP contribution in [-0.2, 0) is 29.0 Å². The fourth-order valence-corrected chi connectivity index (χ4v) is 5.48. The third kappa shape index (κ3) is 7.04. The second-order valence-electron chi connectivity index (χ2n) is 9.29. The fraction of sp³-hybridized carbons (Fsp3) is 0.310. The van der Waals surface area contributed by atoms with E-state index in [1.54, 1.807) is 18.2 Å². The van der Waals surface area contributed by atoms with E-state index in [1.165, 1.54) is 23.1 Å². The van der Waals surface area contributed by atoms with Crippen molar-refractivity contribution in [3.63, 3.8) is 0 Å². The van der Waals surface area contributed by atoms with E-state index in [4.69, 9.17) is 34.8 Å². The lowest BCUT2D eigenvalue weighted by molar-refractivity contribution is -0.141. The van der Waals surface area contributed by atoms with Gasteiger partial charge in [0.25, 0.3) is 0 Å². The molecule has 0 aliphatic heterocycles. The van der Waals surface area contributed by atoms with Crippen LogP contribution in [0.4, 0.5) is 4.39 Å². The van der Waals surface area contributed by atoms with Crippen LogP contribution in [0.25, 0.3) is 0 Å². The van der Waals surface area contributed by atoms with Gasteiger partial charge < -0.3 is 10.2 Å². The normalized spacial score (nSPS) is 14.4. The van der Waals surface area contributed by atoms with E-state index in [9.17, 15) is 14.0 Å². The Morgan fingerprint density at radius 3 is 2.08 bits per heavy atom. The van der Waals surface area contributed by atoms with Crippen molar-refractivity contribution in [3.8, 4) is 0 Å². The van der Waals surface area contributed by atoms with Crippen LogP contribution >= 0.6 is 34.8 Å². The predicted molar refractivity (Wildman–Crippen MR) is 146 cm³/mol. The van der Waals surface area contributed by atoms with E-state index in [2.05, 4.69) is 5.32 Å². The summed E-state index contributed by atoms with van der Waals surface area (Å²) >= 11 is 19.2. The smallest absolute Gasteiger partial charge is 0.243 e. The number of hydrogen-bond donors (Lipinski definition) is 1. The fourth-order valence-electron chi connectivity index (χ4n) is 4.73. The maximum atomic E-state index is 14.6. The molecule has 1 atom stereocenters. The van der Waals surface area contributed by atoms with Gasteiger partial charge in [0.05, 0.1) is 6.42 Å². The first-order valence-corrected chi connectivity index (χ1v) is 13.5. The van der Waals surface area contributed by atoms with Crippen LogP contribution in [0.1, 0.15) is 42.4 Å². The Bertz CT molecular complexity index is 1210. The van der Waals surface area contributed by atoms with Crippen molar-refractivity contribution < 1.29 is 14.0 Å². The SMILES string of the molecule is O=C(NC1CCCC1)C(Cc1ccccc1)N(Cc1c(Cl)cccc1Cl)C(=O)Cc1c(F)cccc1Cl. The number of nitrogens with one attached hydrogen (secondary N) is 1. The van der Waals surface area contributed by atoms with Gasteiger partial charge in [-0.25, -0.2) is 4.39 Å². The molecule has 0 bridgehead atoms. The molecular formula is C29H28Cl3FN2O2. The Morgan fingerprint density at radius 2 is 1.46 bits per heavy atom. The molecule has 1 aliphatic carbocycles. The molecule has 0 radical (unpaired) electrons. The minimum absolute atomic E-state index is 0.0149. The zero-order valence-electron chi connectivity index (χ0n) is 20.2. The van der Waals surface area contributed by atoms with Crippen molar-refractivity contribution in [3.05, 3.63) is 104 Å². The molecule has 3 aromatic rings. The average Bonchev–Trinajstić information content (AvgIpc) is 3.39. The maximum absolute atomic E-state index is 14.6. The molecule has 0 aromatic heterocycles. The van der Waals surface area contributed by atoms with Gasteiger partial charge in [-0.2, -0.15) is 0 Å². The number of halogens is 4. The number of rotatable bonds is 9. The quantitative estimate of drug-likeness (QED) is 0.305. The summed E-state index contributed by atoms with van der Waals surface area (Å²) in [5.41, 5.74) is 1.49. The topological polar surface area (TPSA) is 49.4 Å². The van der Waals surface area contributed by atoms with Gasteiger partial charge >= 0.3 is 0 Å². The molecule has 1 N–H and O–H groups in total. The van der Waals surface area contributed by atoms with Crippen molar-refractivity contribution in [2.24, 2.45) is 0 Å². The minimum atomic E-state index is -0.867. The summed E-state index contributed by atoms with van der Waals surface area (Å²) in [6.07, 6.45) is 3.88. The number of hydrogen-bond acceptors (Lipinski definition) is 2. The van der Waals surface area contributed by atoms with Crippen LogP contribution in [0.3, 0.4) is 0 Å². The standard InChI is InChI=1S/C29H28Cl3FN2O2/c30-23-14-7-15-26(33)21(23)17-28(36)35(18-22-24(31)12-6-13-25(22)32)27(16-19-8-2-1-3-9-19)29(37)34-20-10-4-5-11-20/h1-3,6-9,12-15,20,27H,4-5,10-11,16-18H2,(H,34,37). The Kier molecular flexibility index (Phi) is 9.47. The highest BCUT2D eigenvalue weighted by atomic mass is 35.5. The largest absolute Gasteiger partial charge is 0.352 e. The van der Waals surface area contributed by atoms with Crippen LogP contribution in [0, 0.1) is 5.82 Å². The van der Waals surface area contributed by atoms with Gasteiger partial charge in [-0.3, -0.25) is 9.59 Å². The monoisotopic (exact) mass is 560 g/mol. The molecule has 4 rings (SSSR count). The second kappa shape index (κ2) is 12.8. The van der Waals surface area contributed by atoms with E-state index in [-0.39, 0.29) is 41.9 Å². The zero-order chi connectivity index (χ0) is 26.4. The Morgan fingerprint density at radius 1 is 0.865 bits per heavy atom. The van der Waals surface area contributed by atoms with Crippen molar-refractivity contribution in [1.82, 2.24) is 10.2 Å². The van der Waals surface area contributed by atoms with E-state index < -0.39 is 17.8 Å². The van der Waals surface area contributed by atoms with E-state index in [1.807, 2.05) is 30.3 Å². The van der Waals surface area contributed by atoms with Gasteiger partial charge in [-0.15, -0.1) is 0 Å². The lowest BCUT2D eigenvalue weighted by Crippen LogP contribution is -2.52. The van der Waals surface area contributed by atoms with Gasteiger partial charge in [0.15, 0.2) is 0 Å². The molecule has 1 fully saturated rings. The van der Waals surface area contributed by atoms with Gasteiger partial charge in [-0.1, -0.05) is 90.1 Å². The van der Waals surface area contributed by atoms with Crippen molar-refractivity contribution in [2.45, 2.75) is 57.2 Å². The third-order valence-corrected chi connectivity index (χ3v) is 7.81. The predicted octanol–water partition coefficient (Wildman–Crippen LogP) is 7.03. The van der Waals surface area contributed by atoms with Gasteiger partial charge in [0.1, 0.15) is 11.9 Å². The molecule has 0 spiro atoms. The lowest BCUT2D eigenvalue weighted by atomic mass is 10.0. The Labute approximate surface area is 231 Å². The molecule has 0 heterocycles. The van der Waals surface area contributed by atoms with Gasteiger partial charge in [-0.05, 0) is 42.7 Å². The highest BCUT2D eigenvalue weighted by Crippen LogP contribution is 2.29. The average molecular weight is 562 g/mol. The van der Waals surface area contributed by atoms with Crippen LogP contribution in [0.5, 0.6) is 0 Å². The molecular weight excluding hydrogens is 534 g/mol. The highest BCUT2D eigenvalue weighted by molar-refractivity contribution is 6.36. The maximum Gasteiger partial charge on any atom is 0.243 e.